The third-order valence-corrected chi connectivity index (χ3v) is 2.95. The Bertz CT molecular complexity index is 425. The van der Waals surface area contributed by atoms with E-state index in [2.05, 4.69) is 5.32 Å². The monoisotopic (exact) mass is 290 g/mol. The number of carbonyl (C=O) groups excluding carboxylic acids is 1. The number of amides is 2. The van der Waals surface area contributed by atoms with E-state index in [1.165, 1.54) is 4.90 Å². The van der Waals surface area contributed by atoms with E-state index in [1.54, 1.807) is 32.2 Å². The first-order chi connectivity index (χ1) is 8.40. The quantitative estimate of drug-likeness (QED) is 0.894. The van der Waals surface area contributed by atoms with Crippen molar-refractivity contribution in [2.75, 3.05) is 18.9 Å². The van der Waals surface area contributed by atoms with Gasteiger partial charge in [-0.25, -0.2) is 4.79 Å². The SMILES string of the molecule is CC(O)CCN(C)C(=O)Nc1ccc(Cl)cc1Cl. The summed E-state index contributed by atoms with van der Waals surface area (Å²) in [6, 6.07) is 4.58. The highest BCUT2D eigenvalue weighted by Gasteiger charge is 2.11. The largest absolute Gasteiger partial charge is 0.393 e. The lowest BCUT2D eigenvalue weighted by Gasteiger charge is -2.19. The van der Waals surface area contributed by atoms with Crippen molar-refractivity contribution >= 4 is 34.9 Å². The number of hydrogen-bond acceptors (Lipinski definition) is 2. The molecule has 0 heterocycles. The average molecular weight is 291 g/mol. The molecule has 0 aromatic heterocycles. The molecular formula is C12H16Cl2N2O2. The summed E-state index contributed by atoms with van der Waals surface area (Å²) in [5.74, 6) is 0. The van der Waals surface area contributed by atoms with Crippen molar-refractivity contribution in [2.45, 2.75) is 19.4 Å². The maximum atomic E-state index is 11.8. The zero-order chi connectivity index (χ0) is 13.7. The summed E-state index contributed by atoms with van der Waals surface area (Å²) in [7, 11) is 1.65. The van der Waals surface area contributed by atoms with Crippen LogP contribution in [0.1, 0.15) is 13.3 Å². The fourth-order valence-electron chi connectivity index (χ4n) is 1.28. The van der Waals surface area contributed by atoms with Gasteiger partial charge in [0.2, 0.25) is 0 Å². The van der Waals surface area contributed by atoms with Crippen LogP contribution in [0.25, 0.3) is 0 Å². The fraction of sp³-hybridized carbons (Fsp3) is 0.417. The Morgan fingerprint density at radius 2 is 2.17 bits per heavy atom. The average Bonchev–Trinajstić information content (AvgIpc) is 2.29. The van der Waals surface area contributed by atoms with Crippen LogP contribution < -0.4 is 5.32 Å². The summed E-state index contributed by atoms with van der Waals surface area (Å²) in [4.78, 5) is 13.3. The fourth-order valence-corrected chi connectivity index (χ4v) is 1.74. The highest BCUT2D eigenvalue weighted by molar-refractivity contribution is 6.36. The van der Waals surface area contributed by atoms with Crippen LogP contribution in [0, 0.1) is 0 Å². The summed E-state index contributed by atoms with van der Waals surface area (Å²) < 4.78 is 0. The van der Waals surface area contributed by atoms with E-state index in [0.29, 0.717) is 28.7 Å². The lowest BCUT2D eigenvalue weighted by Crippen LogP contribution is -2.33. The molecule has 4 nitrogen and oxygen atoms in total. The minimum atomic E-state index is -0.431. The minimum Gasteiger partial charge on any atom is -0.393 e. The second-order valence-electron chi connectivity index (χ2n) is 4.11. The van der Waals surface area contributed by atoms with Gasteiger partial charge < -0.3 is 15.3 Å². The molecule has 6 heteroatoms. The first-order valence-corrected chi connectivity index (χ1v) is 6.31. The molecule has 0 aliphatic carbocycles. The van der Waals surface area contributed by atoms with Gasteiger partial charge in [-0.1, -0.05) is 23.2 Å². The van der Waals surface area contributed by atoms with Gasteiger partial charge in [-0.3, -0.25) is 0 Å². The number of nitrogens with zero attached hydrogens (tertiary/aromatic N) is 1. The predicted molar refractivity (Wildman–Crippen MR) is 74.4 cm³/mol. The number of carbonyl (C=O) groups is 1. The molecule has 1 unspecified atom stereocenters. The van der Waals surface area contributed by atoms with Gasteiger partial charge in [-0.2, -0.15) is 0 Å². The molecular weight excluding hydrogens is 275 g/mol. The van der Waals surface area contributed by atoms with Gasteiger partial charge in [0.1, 0.15) is 0 Å². The zero-order valence-electron chi connectivity index (χ0n) is 10.3. The third kappa shape index (κ3) is 4.72. The molecule has 1 rings (SSSR count). The van der Waals surface area contributed by atoms with E-state index >= 15 is 0 Å². The normalized spacial score (nSPS) is 12.1. The van der Waals surface area contributed by atoms with Crippen molar-refractivity contribution in [3.8, 4) is 0 Å². The molecule has 100 valence electrons. The summed E-state index contributed by atoms with van der Waals surface area (Å²) in [5, 5.41) is 12.7. The molecule has 2 N–H and O–H groups in total. The number of anilines is 1. The van der Waals surface area contributed by atoms with Crippen LogP contribution in [-0.2, 0) is 0 Å². The summed E-state index contributed by atoms with van der Waals surface area (Å²) in [5.41, 5.74) is 0.509. The van der Waals surface area contributed by atoms with Crippen molar-refractivity contribution in [3.05, 3.63) is 28.2 Å². The number of aliphatic hydroxyl groups excluding tert-OH is 1. The molecule has 0 saturated heterocycles. The zero-order valence-corrected chi connectivity index (χ0v) is 11.8. The van der Waals surface area contributed by atoms with Crippen molar-refractivity contribution in [2.24, 2.45) is 0 Å². The molecule has 0 aliphatic rings. The first-order valence-electron chi connectivity index (χ1n) is 5.55. The van der Waals surface area contributed by atoms with Crippen LogP contribution >= 0.6 is 23.2 Å². The van der Waals surface area contributed by atoms with Crippen molar-refractivity contribution in [3.63, 3.8) is 0 Å². The van der Waals surface area contributed by atoms with Crippen molar-refractivity contribution in [1.82, 2.24) is 4.90 Å². The summed E-state index contributed by atoms with van der Waals surface area (Å²) >= 11 is 11.7. The van der Waals surface area contributed by atoms with E-state index in [1.807, 2.05) is 0 Å². The molecule has 0 radical (unpaired) electrons. The molecule has 0 fully saturated rings. The number of hydrogen-bond donors (Lipinski definition) is 2. The van der Waals surface area contributed by atoms with Gasteiger partial charge >= 0.3 is 6.03 Å². The van der Waals surface area contributed by atoms with E-state index < -0.39 is 6.10 Å². The summed E-state index contributed by atoms with van der Waals surface area (Å²) in [6.45, 7) is 2.15. The van der Waals surface area contributed by atoms with Crippen LogP contribution in [0.4, 0.5) is 10.5 Å². The number of nitrogens with one attached hydrogen (secondary N) is 1. The second-order valence-corrected chi connectivity index (χ2v) is 4.96. The number of rotatable bonds is 4. The highest BCUT2D eigenvalue weighted by atomic mass is 35.5. The molecule has 1 atom stereocenters. The van der Waals surface area contributed by atoms with E-state index in [0.717, 1.165) is 0 Å². The van der Waals surface area contributed by atoms with Crippen molar-refractivity contribution < 1.29 is 9.90 Å². The lowest BCUT2D eigenvalue weighted by atomic mass is 10.3. The molecule has 18 heavy (non-hydrogen) atoms. The van der Waals surface area contributed by atoms with Crippen LogP contribution in [0.2, 0.25) is 10.0 Å². The summed E-state index contributed by atoms with van der Waals surface area (Å²) in [6.07, 6.45) is 0.0949. The Balaban J connectivity index is 2.58. The van der Waals surface area contributed by atoms with E-state index in [9.17, 15) is 4.79 Å². The van der Waals surface area contributed by atoms with Crippen LogP contribution in [-0.4, -0.2) is 35.7 Å². The lowest BCUT2D eigenvalue weighted by molar-refractivity contribution is 0.167. The third-order valence-electron chi connectivity index (χ3n) is 2.40. The number of halogens is 2. The van der Waals surface area contributed by atoms with E-state index in [-0.39, 0.29) is 6.03 Å². The standard InChI is InChI=1S/C12H16Cl2N2O2/c1-8(17)5-6-16(2)12(18)15-11-4-3-9(13)7-10(11)14/h3-4,7-8,17H,5-6H2,1-2H3,(H,15,18). The minimum absolute atomic E-state index is 0.278. The van der Waals surface area contributed by atoms with Gasteiger partial charge in [0.05, 0.1) is 16.8 Å². The molecule has 0 bridgehead atoms. The Labute approximate surface area is 116 Å². The van der Waals surface area contributed by atoms with Gasteiger partial charge in [-0.15, -0.1) is 0 Å². The van der Waals surface area contributed by atoms with Gasteiger partial charge in [0.15, 0.2) is 0 Å². The van der Waals surface area contributed by atoms with Crippen LogP contribution in [0.3, 0.4) is 0 Å². The van der Waals surface area contributed by atoms with Crippen LogP contribution in [0.5, 0.6) is 0 Å². The smallest absolute Gasteiger partial charge is 0.321 e. The van der Waals surface area contributed by atoms with Gasteiger partial charge in [0.25, 0.3) is 0 Å². The predicted octanol–water partition coefficient (Wildman–Crippen LogP) is 3.23. The Hall–Kier alpha value is -0.970. The number of benzene rings is 1. The Kier molecular flexibility index (Phi) is 5.72. The maximum Gasteiger partial charge on any atom is 0.321 e. The molecule has 0 spiro atoms. The number of urea groups is 1. The van der Waals surface area contributed by atoms with Gasteiger partial charge in [-0.05, 0) is 31.5 Å². The molecule has 1 aromatic carbocycles. The molecule has 0 saturated carbocycles. The topological polar surface area (TPSA) is 52.6 Å². The number of aliphatic hydroxyl groups is 1. The van der Waals surface area contributed by atoms with Gasteiger partial charge in [0, 0.05) is 18.6 Å². The van der Waals surface area contributed by atoms with Crippen LogP contribution in [0.15, 0.2) is 18.2 Å². The van der Waals surface area contributed by atoms with E-state index in [4.69, 9.17) is 28.3 Å². The van der Waals surface area contributed by atoms with Crippen molar-refractivity contribution in [1.29, 1.82) is 0 Å². The molecule has 2 amide bonds. The Morgan fingerprint density at radius 1 is 1.50 bits per heavy atom. The highest BCUT2D eigenvalue weighted by Crippen LogP contribution is 2.25. The molecule has 1 aromatic rings. The molecule has 0 aliphatic heterocycles. The maximum absolute atomic E-state index is 11.8. The Morgan fingerprint density at radius 3 is 2.72 bits per heavy atom. The second kappa shape index (κ2) is 6.83. The first kappa shape index (κ1) is 15.1.